The lowest BCUT2D eigenvalue weighted by Gasteiger charge is -1.95. The Bertz CT molecular complexity index is 482. The van der Waals surface area contributed by atoms with Crippen molar-refractivity contribution in [2.75, 3.05) is 5.73 Å². The number of aromatic amines is 1. The topological polar surface area (TPSA) is 92.0 Å². The highest BCUT2D eigenvalue weighted by Crippen LogP contribution is 2.23. The van der Waals surface area contributed by atoms with Gasteiger partial charge in [0, 0.05) is 5.39 Å². The number of carboxylic acid groups (broad SMARTS) is 1. The van der Waals surface area contributed by atoms with Crippen LogP contribution < -0.4 is 5.73 Å². The highest BCUT2D eigenvalue weighted by molar-refractivity contribution is 9.10. The summed E-state index contributed by atoms with van der Waals surface area (Å²) in [6.07, 6.45) is 0. The number of H-pyrrole nitrogens is 1. The van der Waals surface area contributed by atoms with E-state index in [-0.39, 0.29) is 5.69 Å². The molecule has 2 aromatic rings. The number of pyridine rings is 1. The van der Waals surface area contributed by atoms with Crippen LogP contribution in [0.1, 0.15) is 10.5 Å². The number of rotatable bonds is 1. The first kappa shape index (κ1) is 9.01. The van der Waals surface area contributed by atoms with Gasteiger partial charge in [-0.3, -0.25) is 0 Å². The maximum Gasteiger partial charge on any atom is 0.352 e. The predicted octanol–water partition coefficient (Wildman–Crippen LogP) is 1.61. The third-order valence-electron chi connectivity index (χ3n) is 1.82. The Morgan fingerprint density at radius 2 is 2.29 bits per heavy atom. The van der Waals surface area contributed by atoms with Crippen LogP contribution in [0.15, 0.2) is 16.6 Å². The number of hydrogen-bond acceptors (Lipinski definition) is 3. The maximum absolute atomic E-state index is 10.6. The number of aromatic carboxylic acids is 1. The zero-order valence-electron chi connectivity index (χ0n) is 6.91. The molecule has 0 fully saturated rings. The van der Waals surface area contributed by atoms with Crippen LogP contribution in [0.25, 0.3) is 11.0 Å². The van der Waals surface area contributed by atoms with Gasteiger partial charge < -0.3 is 15.8 Å². The van der Waals surface area contributed by atoms with Gasteiger partial charge in [-0.25, -0.2) is 9.78 Å². The van der Waals surface area contributed by atoms with Crippen LogP contribution in [0, 0.1) is 0 Å². The monoisotopic (exact) mass is 255 g/mol. The average Bonchev–Trinajstić information content (AvgIpc) is 2.48. The van der Waals surface area contributed by atoms with E-state index in [1.807, 2.05) is 0 Å². The van der Waals surface area contributed by atoms with Crippen molar-refractivity contribution in [1.82, 2.24) is 9.97 Å². The van der Waals surface area contributed by atoms with E-state index in [9.17, 15) is 4.79 Å². The molecule has 0 spiro atoms. The van der Waals surface area contributed by atoms with Gasteiger partial charge in [0.1, 0.15) is 17.2 Å². The second-order valence-corrected chi connectivity index (χ2v) is 3.64. The van der Waals surface area contributed by atoms with Gasteiger partial charge in [0.15, 0.2) is 0 Å². The van der Waals surface area contributed by atoms with Crippen molar-refractivity contribution in [1.29, 1.82) is 0 Å². The number of hydrogen-bond donors (Lipinski definition) is 3. The average molecular weight is 256 g/mol. The molecule has 4 N–H and O–H groups in total. The largest absolute Gasteiger partial charge is 0.477 e. The minimum atomic E-state index is -1.02. The summed E-state index contributed by atoms with van der Waals surface area (Å²) in [5.41, 5.74) is 6.12. The van der Waals surface area contributed by atoms with Gasteiger partial charge in [-0.15, -0.1) is 0 Å². The van der Waals surface area contributed by atoms with E-state index >= 15 is 0 Å². The number of nitrogens with zero attached hydrogens (tertiary/aromatic N) is 1. The van der Waals surface area contributed by atoms with Gasteiger partial charge in [0.05, 0.1) is 4.47 Å². The van der Waals surface area contributed by atoms with E-state index in [0.717, 1.165) is 0 Å². The Kier molecular flexibility index (Phi) is 1.92. The van der Waals surface area contributed by atoms with Crippen molar-refractivity contribution in [3.8, 4) is 0 Å². The summed E-state index contributed by atoms with van der Waals surface area (Å²) in [7, 11) is 0. The van der Waals surface area contributed by atoms with Gasteiger partial charge in [-0.2, -0.15) is 0 Å². The Hall–Kier alpha value is -1.56. The van der Waals surface area contributed by atoms with Crippen LogP contribution in [0.5, 0.6) is 0 Å². The Morgan fingerprint density at radius 3 is 2.93 bits per heavy atom. The number of aromatic nitrogens is 2. The van der Waals surface area contributed by atoms with Crippen LogP contribution in [0.4, 0.5) is 5.82 Å². The number of carbonyl (C=O) groups is 1. The molecule has 0 unspecified atom stereocenters. The normalized spacial score (nSPS) is 10.6. The molecule has 5 nitrogen and oxygen atoms in total. The highest BCUT2D eigenvalue weighted by Gasteiger charge is 2.09. The number of halogens is 1. The standard InChI is InChI=1S/C8H6BrN3O2/c9-4-1-3-2-5(8(13)14)11-7(3)12-6(4)10/h1-2H,(H,13,14)(H3,10,11,12). The Balaban J connectivity index is 2.72. The molecule has 0 atom stereocenters. The van der Waals surface area contributed by atoms with Crippen LogP contribution in [-0.2, 0) is 0 Å². The number of nitrogens with one attached hydrogen (secondary N) is 1. The first-order valence-electron chi connectivity index (χ1n) is 3.76. The molecule has 2 rings (SSSR count). The predicted molar refractivity (Wildman–Crippen MR) is 55.2 cm³/mol. The molecular weight excluding hydrogens is 250 g/mol. The molecule has 72 valence electrons. The highest BCUT2D eigenvalue weighted by atomic mass is 79.9. The van der Waals surface area contributed by atoms with Gasteiger partial charge in [-0.1, -0.05) is 0 Å². The summed E-state index contributed by atoms with van der Waals surface area (Å²) in [6, 6.07) is 3.23. The van der Waals surface area contributed by atoms with E-state index in [0.29, 0.717) is 21.3 Å². The number of fused-ring (bicyclic) bond motifs is 1. The summed E-state index contributed by atoms with van der Waals surface area (Å²) in [6.45, 7) is 0. The minimum Gasteiger partial charge on any atom is -0.477 e. The number of nitrogen functional groups attached to an aromatic ring is 1. The fraction of sp³-hybridized carbons (Fsp3) is 0. The van der Waals surface area contributed by atoms with Crippen molar-refractivity contribution in [2.24, 2.45) is 0 Å². The van der Waals surface area contributed by atoms with E-state index in [2.05, 4.69) is 25.9 Å². The molecule has 6 heteroatoms. The van der Waals surface area contributed by atoms with Gasteiger partial charge in [-0.05, 0) is 28.1 Å². The zero-order valence-corrected chi connectivity index (χ0v) is 8.50. The maximum atomic E-state index is 10.6. The molecule has 0 saturated carbocycles. The van der Waals surface area contributed by atoms with Crippen molar-refractivity contribution in [3.05, 3.63) is 22.3 Å². The summed E-state index contributed by atoms with van der Waals surface area (Å²) in [5.74, 6) is -0.686. The van der Waals surface area contributed by atoms with Crippen LogP contribution in [-0.4, -0.2) is 21.0 Å². The quantitative estimate of drug-likeness (QED) is 0.722. The minimum absolute atomic E-state index is 0.102. The first-order valence-corrected chi connectivity index (χ1v) is 4.55. The van der Waals surface area contributed by atoms with E-state index in [1.54, 1.807) is 6.07 Å². The molecule has 0 aliphatic carbocycles. The molecule has 14 heavy (non-hydrogen) atoms. The summed E-state index contributed by atoms with van der Waals surface area (Å²) < 4.78 is 0.654. The van der Waals surface area contributed by atoms with E-state index in [1.165, 1.54) is 6.07 Å². The molecule has 2 aromatic heterocycles. The first-order chi connectivity index (χ1) is 6.58. The molecule has 0 aliphatic rings. The molecule has 0 aliphatic heterocycles. The molecule has 2 heterocycles. The SMILES string of the molecule is Nc1nc2[nH]c(C(=O)O)cc2cc1Br. The Labute approximate surface area is 87.1 Å². The third kappa shape index (κ3) is 1.33. The number of carboxylic acids is 1. The number of nitrogens with two attached hydrogens (primary N) is 1. The molecule has 0 bridgehead atoms. The second kappa shape index (κ2) is 2.98. The molecule has 0 radical (unpaired) electrons. The summed E-state index contributed by atoms with van der Waals surface area (Å²) >= 11 is 3.21. The van der Waals surface area contributed by atoms with Gasteiger partial charge >= 0.3 is 5.97 Å². The lowest BCUT2D eigenvalue weighted by atomic mass is 10.3. The molecule has 0 aromatic carbocycles. The van der Waals surface area contributed by atoms with Crippen LogP contribution >= 0.6 is 15.9 Å². The van der Waals surface area contributed by atoms with Crippen molar-refractivity contribution >= 4 is 38.8 Å². The zero-order chi connectivity index (χ0) is 10.3. The van der Waals surface area contributed by atoms with E-state index < -0.39 is 5.97 Å². The third-order valence-corrected chi connectivity index (χ3v) is 2.45. The lowest BCUT2D eigenvalue weighted by Crippen LogP contribution is -1.95. The Morgan fingerprint density at radius 1 is 1.57 bits per heavy atom. The summed E-state index contributed by atoms with van der Waals surface area (Å²) in [4.78, 5) is 17.3. The van der Waals surface area contributed by atoms with Crippen molar-refractivity contribution < 1.29 is 9.90 Å². The fourth-order valence-electron chi connectivity index (χ4n) is 1.16. The summed E-state index contributed by atoms with van der Waals surface area (Å²) in [5, 5.41) is 9.43. The van der Waals surface area contributed by atoms with Gasteiger partial charge in [0.25, 0.3) is 0 Å². The van der Waals surface area contributed by atoms with Crippen LogP contribution in [0.3, 0.4) is 0 Å². The fourth-order valence-corrected chi connectivity index (χ4v) is 1.50. The van der Waals surface area contributed by atoms with E-state index in [4.69, 9.17) is 10.8 Å². The lowest BCUT2D eigenvalue weighted by molar-refractivity contribution is 0.0691. The van der Waals surface area contributed by atoms with Gasteiger partial charge in [0.2, 0.25) is 0 Å². The van der Waals surface area contributed by atoms with Crippen molar-refractivity contribution in [3.63, 3.8) is 0 Å². The van der Waals surface area contributed by atoms with Crippen LogP contribution in [0.2, 0.25) is 0 Å². The molecule has 0 amide bonds. The molecule has 0 saturated heterocycles. The smallest absolute Gasteiger partial charge is 0.352 e. The number of anilines is 1. The second-order valence-electron chi connectivity index (χ2n) is 2.78. The molecular formula is C8H6BrN3O2. The van der Waals surface area contributed by atoms with Crippen molar-refractivity contribution in [2.45, 2.75) is 0 Å².